The number of piperazine rings is 1. The van der Waals surface area contributed by atoms with E-state index in [1.165, 1.54) is 12.0 Å². The molecule has 7 heteroatoms. The van der Waals surface area contributed by atoms with Crippen molar-refractivity contribution in [2.75, 3.05) is 26.7 Å². The summed E-state index contributed by atoms with van der Waals surface area (Å²) in [6.07, 6.45) is 0. The van der Waals surface area contributed by atoms with Crippen molar-refractivity contribution in [2.45, 2.75) is 19.9 Å². The molecule has 1 heterocycles. The maximum atomic E-state index is 12.7. The summed E-state index contributed by atoms with van der Waals surface area (Å²) in [5, 5.41) is 0.562. The number of halogens is 2. The molecule has 5 nitrogen and oxygen atoms in total. The highest BCUT2D eigenvalue weighted by molar-refractivity contribution is 6.37. The summed E-state index contributed by atoms with van der Waals surface area (Å²) in [5.74, 6) is -0.189. The van der Waals surface area contributed by atoms with Gasteiger partial charge in [-0.2, -0.15) is 0 Å². The molecule has 1 fully saturated rings. The molecule has 0 unspecified atom stereocenters. The van der Waals surface area contributed by atoms with Crippen LogP contribution in [0.15, 0.2) is 12.1 Å². The molecule has 0 aliphatic carbocycles. The summed E-state index contributed by atoms with van der Waals surface area (Å²) in [4.78, 5) is 28.1. The molecule has 1 aliphatic heterocycles. The van der Waals surface area contributed by atoms with Crippen molar-refractivity contribution in [3.63, 3.8) is 0 Å². The third kappa shape index (κ3) is 3.15. The average molecular weight is 345 g/mol. The van der Waals surface area contributed by atoms with E-state index >= 15 is 0 Å². The van der Waals surface area contributed by atoms with E-state index in [1.807, 2.05) is 13.8 Å². The Morgan fingerprint density at radius 3 is 2.41 bits per heavy atom. The lowest BCUT2D eigenvalue weighted by atomic mass is 10.1. The number of methoxy groups -OCH3 is 1. The molecule has 0 spiro atoms. The summed E-state index contributed by atoms with van der Waals surface area (Å²) < 4.78 is 5.20. The molecule has 1 aromatic carbocycles. The maximum absolute atomic E-state index is 12.7. The van der Waals surface area contributed by atoms with Gasteiger partial charge in [-0.05, 0) is 26.0 Å². The van der Waals surface area contributed by atoms with E-state index in [4.69, 9.17) is 27.9 Å². The van der Waals surface area contributed by atoms with E-state index < -0.39 is 0 Å². The van der Waals surface area contributed by atoms with Crippen LogP contribution in [0.25, 0.3) is 0 Å². The molecule has 2 amide bonds. The number of benzene rings is 1. The molecule has 0 aromatic heterocycles. The van der Waals surface area contributed by atoms with Crippen LogP contribution in [0, 0.1) is 0 Å². The van der Waals surface area contributed by atoms with Crippen LogP contribution in [0.3, 0.4) is 0 Å². The summed E-state index contributed by atoms with van der Waals surface area (Å²) >= 11 is 12.2. The Bertz CT molecular complexity index is 605. The molecular formula is C15H18Cl2N2O3. The fraction of sp³-hybridized carbons (Fsp3) is 0.467. The SMILES string of the molecule is COc1c(Cl)ccc(Cl)c1C(=O)N1CCN(C(C)C)C(=O)C1. The number of amides is 2. The van der Waals surface area contributed by atoms with Crippen LogP contribution in [0.1, 0.15) is 24.2 Å². The lowest BCUT2D eigenvalue weighted by Gasteiger charge is -2.36. The first-order valence-electron chi connectivity index (χ1n) is 6.97. The van der Waals surface area contributed by atoms with Gasteiger partial charge in [0.1, 0.15) is 12.1 Å². The molecule has 1 saturated heterocycles. The van der Waals surface area contributed by atoms with E-state index in [9.17, 15) is 9.59 Å². The smallest absolute Gasteiger partial charge is 0.259 e. The Hall–Kier alpha value is -1.46. The molecule has 0 bridgehead atoms. The van der Waals surface area contributed by atoms with Crippen LogP contribution in [-0.2, 0) is 4.79 Å². The van der Waals surface area contributed by atoms with Crippen molar-refractivity contribution in [1.82, 2.24) is 9.80 Å². The molecule has 0 N–H and O–H groups in total. The molecule has 2 rings (SSSR count). The number of carbonyl (C=O) groups is 2. The van der Waals surface area contributed by atoms with Crippen molar-refractivity contribution in [3.05, 3.63) is 27.7 Å². The molecule has 22 heavy (non-hydrogen) atoms. The zero-order valence-electron chi connectivity index (χ0n) is 12.7. The van der Waals surface area contributed by atoms with Gasteiger partial charge in [0.15, 0.2) is 5.75 Å². The quantitative estimate of drug-likeness (QED) is 0.846. The Morgan fingerprint density at radius 2 is 1.86 bits per heavy atom. The standard InChI is InChI=1S/C15H18Cl2N2O3/c1-9(2)19-7-6-18(8-12(19)20)15(21)13-10(16)4-5-11(17)14(13)22-3/h4-5,9H,6-8H2,1-3H3. The van der Waals surface area contributed by atoms with Crippen LogP contribution >= 0.6 is 23.2 Å². The predicted molar refractivity (Wildman–Crippen MR) is 85.8 cm³/mol. The van der Waals surface area contributed by atoms with Gasteiger partial charge in [0.25, 0.3) is 5.91 Å². The van der Waals surface area contributed by atoms with Gasteiger partial charge in [-0.15, -0.1) is 0 Å². The summed E-state index contributed by atoms with van der Waals surface area (Å²) in [6.45, 7) is 4.89. The second-order valence-electron chi connectivity index (χ2n) is 5.35. The Kier molecular flexibility index (Phi) is 5.19. The first kappa shape index (κ1) is 16.9. The molecule has 0 radical (unpaired) electrons. The highest BCUT2D eigenvalue weighted by Gasteiger charge is 2.31. The van der Waals surface area contributed by atoms with Crippen LogP contribution < -0.4 is 4.74 Å². The summed E-state index contributed by atoms with van der Waals surface area (Å²) in [6, 6.07) is 3.24. The lowest BCUT2D eigenvalue weighted by Crippen LogP contribution is -2.54. The van der Waals surface area contributed by atoms with Crippen LogP contribution in [-0.4, -0.2) is 54.4 Å². The van der Waals surface area contributed by atoms with Gasteiger partial charge in [0.2, 0.25) is 5.91 Å². The van der Waals surface area contributed by atoms with Crippen LogP contribution in [0.5, 0.6) is 5.75 Å². The number of nitrogens with zero attached hydrogens (tertiary/aromatic N) is 2. The highest BCUT2D eigenvalue weighted by Crippen LogP contribution is 2.34. The van der Waals surface area contributed by atoms with Crippen molar-refractivity contribution < 1.29 is 14.3 Å². The van der Waals surface area contributed by atoms with Crippen molar-refractivity contribution in [2.24, 2.45) is 0 Å². The van der Waals surface area contributed by atoms with Gasteiger partial charge in [-0.1, -0.05) is 23.2 Å². The van der Waals surface area contributed by atoms with Gasteiger partial charge >= 0.3 is 0 Å². The monoisotopic (exact) mass is 344 g/mol. The van der Waals surface area contributed by atoms with Crippen LogP contribution in [0.4, 0.5) is 0 Å². The first-order valence-corrected chi connectivity index (χ1v) is 7.73. The summed E-state index contributed by atoms with van der Waals surface area (Å²) in [5.41, 5.74) is 0.197. The fourth-order valence-corrected chi connectivity index (χ4v) is 2.96. The largest absolute Gasteiger partial charge is 0.494 e. The van der Waals surface area contributed by atoms with Crippen molar-refractivity contribution >= 4 is 35.0 Å². The molecule has 120 valence electrons. The molecule has 0 atom stereocenters. The number of carbonyl (C=O) groups excluding carboxylic acids is 2. The number of hydrogen-bond donors (Lipinski definition) is 0. The zero-order valence-corrected chi connectivity index (χ0v) is 14.2. The molecule has 0 saturated carbocycles. The average Bonchev–Trinajstić information content (AvgIpc) is 2.48. The first-order chi connectivity index (χ1) is 10.4. The second-order valence-corrected chi connectivity index (χ2v) is 6.16. The van der Waals surface area contributed by atoms with E-state index in [0.29, 0.717) is 18.1 Å². The molecule has 1 aliphatic rings. The highest BCUT2D eigenvalue weighted by atomic mass is 35.5. The fourth-order valence-electron chi connectivity index (χ4n) is 2.50. The Balaban J connectivity index is 2.27. The second kappa shape index (κ2) is 6.75. The zero-order chi connectivity index (χ0) is 16.4. The third-order valence-electron chi connectivity index (χ3n) is 3.64. The third-order valence-corrected chi connectivity index (χ3v) is 4.26. The van der Waals surface area contributed by atoms with Gasteiger partial charge < -0.3 is 14.5 Å². The van der Waals surface area contributed by atoms with Crippen molar-refractivity contribution in [3.8, 4) is 5.75 Å². The molecular weight excluding hydrogens is 327 g/mol. The van der Waals surface area contributed by atoms with Gasteiger partial charge in [0.05, 0.1) is 17.2 Å². The molecule has 1 aromatic rings. The number of hydrogen-bond acceptors (Lipinski definition) is 3. The van der Waals surface area contributed by atoms with E-state index in [-0.39, 0.29) is 40.7 Å². The van der Waals surface area contributed by atoms with E-state index in [1.54, 1.807) is 17.0 Å². The lowest BCUT2D eigenvalue weighted by molar-refractivity contribution is -0.136. The minimum Gasteiger partial charge on any atom is -0.494 e. The predicted octanol–water partition coefficient (Wildman–Crippen LogP) is 2.69. The number of ether oxygens (including phenoxy) is 1. The minimum atomic E-state index is -0.346. The summed E-state index contributed by atoms with van der Waals surface area (Å²) in [7, 11) is 1.43. The van der Waals surface area contributed by atoms with Gasteiger partial charge in [0, 0.05) is 19.1 Å². The minimum absolute atomic E-state index is 0.0308. The van der Waals surface area contributed by atoms with Gasteiger partial charge in [-0.3, -0.25) is 9.59 Å². The van der Waals surface area contributed by atoms with E-state index in [0.717, 1.165) is 0 Å². The Morgan fingerprint density at radius 1 is 1.23 bits per heavy atom. The topological polar surface area (TPSA) is 49.9 Å². The normalized spacial score (nSPS) is 15.5. The number of rotatable bonds is 3. The van der Waals surface area contributed by atoms with Crippen LogP contribution in [0.2, 0.25) is 10.0 Å². The van der Waals surface area contributed by atoms with Crippen molar-refractivity contribution in [1.29, 1.82) is 0 Å². The Labute approximate surface area is 139 Å². The van der Waals surface area contributed by atoms with Gasteiger partial charge in [-0.25, -0.2) is 0 Å². The van der Waals surface area contributed by atoms with E-state index in [2.05, 4.69) is 0 Å². The maximum Gasteiger partial charge on any atom is 0.259 e.